The van der Waals surface area contributed by atoms with Crippen LogP contribution in [-0.2, 0) is 11.2 Å². The zero-order valence-electron chi connectivity index (χ0n) is 8.00. The summed E-state index contributed by atoms with van der Waals surface area (Å²) in [5.41, 5.74) is 1.07. The number of aryl methyl sites for hydroxylation is 1. The average Bonchev–Trinajstić information content (AvgIpc) is 2.57. The predicted octanol–water partition coefficient (Wildman–Crippen LogP) is 0.519. The smallest absolute Gasteiger partial charge is 0.146 e. The van der Waals surface area contributed by atoms with E-state index in [9.17, 15) is 4.79 Å². The second-order valence-electron chi connectivity index (χ2n) is 3.07. The quantitative estimate of drug-likeness (QED) is 0.696. The standard InChI is InChI=1S/C9H15N3O/c1-7(13)9(10-2)4-3-8-5-11-6-12-8/h5-6,9-10H,3-4H2,1-2H3,(H,11,12). The Morgan fingerprint density at radius 2 is 2.54 bits per heavy atom. The molecule has 1 unspecified atom stereocenters. The first-order valence-electron chi connectivity index (χ1n) is 4.39. The number of nitrogens with one attached hydrogen (secondary N) is 2. The van der Waals surface area contributed by atoms with Gasteiger partial charge >= 0.3 is 0 Å². The molecule has 4 nitrogen and oxygen atoms in total. The van der Waals surface area contributed by atoms with E-state index in [1.54, 1.807) is 26.5 Å². The number of carbonyl (C=O) groups excluding carboxylic acids is 1. The maximum absolute atomic E-state index is 11.0. The highest BCUT2D eigenvalue weighted by Crippen LogP contribution is 2.01. The lowest BCUT2D eigenvalue weighted by Crippen LogP contribution is -2.32. The van der Waals surface area contributed by atoms with Crippen molar-refractivity contribution >= 4 is 5.78 Å². The summed E-state index contributed by atoms with van der Waals surface area (Å²) in [6, 6.07) is -0.0386. The third kappa shape index (κ3) is 2.99. The van der Waals surface area contributed by atoms with Gasteiger partial charge in [-0.25, -0.2) is 4.98 Å². The van der Waals surface area contributed by atoms with E-state index >= 15 is 0 Å². The second kappa shape index (κ2) is 4.77. The van der Waals surface area contributed by atoms with E-state index in [4.69, 9.17) is 0 Å². The molecule has 0 spiro atoms. The molecule has 4 heteroatoms. The molecule has 0 fully saturated rings. The zero-order chi connectivity index (χ0) is 9.68. The average molecular weight is 181 g/mol. The van der Waals surface area contributed by atoms with E-state index < -0.39 is 0 Å². The van der Waals surface area contributed by atoms with Crippen LogP contribution in [0.4, 0.5) is 0 Å². The molecule has 1 atom stereocenters. The molecule has 13 heavy (non-hydrogen) atoms. The number of likely N-dealkylation sites (N-methyl/N-ethyl adjacent to an activating group) is 1. The zero-order valence-corrected chi connectivity index (χ0v) is 8.00. The Kier molecular flexibility index (Phi) is 3.64. The van der Waals surface area contributed by atoms with Gasteiger partial charge in [0.05, 0.1) is 12.4 Å². The minimum absolute atomic E-state index is 0.0386. The normalized spacial score (nSPS) is 12.8. The fraction of sp³-hybridized carbons (Fsp3) is 0.556. The molecule has 72 valence electrons. The van der Waals surface area contributed by atoms with Crippen LogP contribution in [0.3, 0.4) is 0 Å². The SMILES string of the molecule is CNC(CCc1cnc[nH]1)C(C)=O. The summed E-state index contributed by atoms with van der Waals surface area (Å²) in [6.07, 6.45) is 5.10. The number of aromatic amines is 1. The summed E-state index contributed by atoms with van der Waals surface area (Å²) in [5, 5.41) is 2.98. The van der Waals surface area contributed by atoms with Crippen LogP contribution in [0.2, 0.25) is 0 Å². The molecule has 0 amide bonds. The van der Waals surface area contributed by atoms with Gasteiger partial charge in [0.2, 0.25) is 0 Å². The second-order valence-corrected chi connectivity index (χ2v) is 3.07. The summed E-state index contributed by atoms with van der Waals surface area (Å²) in [5.74, 6) is 0.182. The number of carbonyl (C=O) groups is 1. The van der Waals surface area contributed by atoms with Gasteiger partial charge in [0.25, 0.3) is 0 Å². The maximum atomic E-state index is 11.0. The Morgan fingerprint density at radius 1 is 1.77 bits per heavy atom. The number of nitrogens with zero attached hydrogens (tertiary/aromatic N) is 1. The Labute approximate surface area is 77.8 Å². The minimum atomic E-state index is -0.0386. The van der Waals surface area contributed by atoms with Crippen molar-refractivity contribution in [3.05, 3.63) is 18.2 Å². The van der Waals surface area contributed by atoms with Gasteiger partial charge in [0.15, 0.2) is 0 Å². The number of H-pyrrole nitrogens is 1. The molecule has 0 saturated carbocycles. The lowest BCUT2D eigenvalue weighted by atomic mass is 10.1. The van der Waals surface area contributed by atoms with Gasteiger partial charge in [-0.2, -0.15) is 0 Å². The number of imidazole rings is 1. The molecule has 0 aromatic carbocycles. The van der Waals surface area contributed by atoms with Crippen molar-refractivity contribution in [3.63, 3.8) is 0 Å². The van der Waals surface area contributed by atoms with Crippen molar-refractivity contribution < 1.29 is 4.79 Å². The van der Waals surface area contributed by atoms with Crippen LogP contribution in [0.25, 0.3) is 0 Å². The van der Waals surface area contributed by atoms with E-state index in [0.717, 1.165) is 18.5 Å². The van der Waals surface area contributed by atoms with E-state index in [2.05, 4.69) is 15.3 Å². The lowest BCUT2D eigenvalue weighted by molar-refractivity contribution is -0.119. The summed E-state index contributed by atoms with van der Waals surface area (Å²) in [7, 11) is 1.80. The molecule has 1 heterocycles. The van der Waals surface area contributed by atoms with Crippen LogP contribution in [0.15, 0.2) is 12.5 Å². The summed E-state index contributed by atoms with van der Waals surface area (Å²) in [6.45, 7) is 1.61. The fourth-order valence-corrected chi connectivity index (χ4v) is 1.27. The van der Waals surface area contributed by atoms with E-state index in [1.165, 1.54) is 0 Å². The first-order valence-corrected chi connectivity index (χ1v) is 4.39. The Bertz CT molecular complexity index is 256. The molecule has 0 bridgehead atoms. The fourth-order valence-electron chi connectivity index (χ4n) is 1.27. The number of hydrogen-bond donors (Lipinski definition) is 2. The molecule has 1 rings (SSSR count). The van der Waals surface area contributed by atoms with E-state index in [0.29, 0.717) is 0 Å². The molecule has 0 radical (unpaired) electrons. The summed E-state index contributed by atoms with van der Waals surface area (Å²) < 4.78 is 0. The molecule has 0 aliphatic heterocycles. The molecule has 0 aliphatic rings. The lowest BCUT2D eigenvalue weighted by Gasteiger charge is -2.10. The van der Waals surface area contributed by atoms with Crippen molar-refractivity contribution in [1.29, 1.82) is 0 Å². The Morgan fingerprint density at radius 3 is 3.00 bits per heavy atom. The van der Waals surface area contributed by atoms with Gasteiger partial charge in [0, 0.05) is 11.9 Å². The van der Waals surface area contributed by atoms with Crippen LogP contribution in [0.1, 0.15) is 19.0 Å². The monoisotopic (exact) mass is 181 g/mol. The van der Waals surface area contributed by atoms with Gasteiger partial charge in [-0.1, -0.05) is 0 Å². The van der Waals surface area contributed by atoms with Gasteiger partial charge in [-0.15, -0.1) is 0 Å². The highest BCUT2D eigenvalue weighted by atomic mass is 16.1. The van der Waals surface area contributed by atoms with Gasteiger partial charge < -0.3 is 10.3 Å². The maximum Gasteiger partial charge on any atom is 0.146 e. The number of hydrogen-bond acceptors (Lipinski definition) is 3. The van der Waals surface area contributed by atoms with Gasteiger partial charge in [0.1, 0.15) is 5.78 Å². The first-order chi connectivity index (χ1) is 6.24. The molecule has 1 aromatic heterocycles. The Balaban J connectivity index is 2.36. The van der Waals surface area contributed by atoms with Crippen LogP contribution in [-0.4, -0.2) is 28.8 Å². The molecule has 1 aromatic rings. The number of aromatic nitrogens is 2. The van der Waals surface area contributed by atoms with Crippen molar-refractivity contribution in [2.24, 2.45) is 0 Å². The topological polar surface area (TPSA) is 57.8 Å². The van der Waals surface area contributed by atoms with Crippen LogP contribution in [0.5, 0.6) is 0 Å². The Hall–Kier alpha value is -1.16. The van der Waals surface area contributed by atoms with Gasteiger partial charge in [-0.3, -0.25) is 4.79 Å². The summed E-state index contributed by atoms with van der Waals surface area (Å²) >= 11 is 0. The molecule has 0 aliphatic carbocycles. The molecular weight excluding hydrogens is 166 g/mol. The van der Waals surface area contributed by atoms with Crippen molar-refractivity contribution in [1.82, 2.24) is 15.3 Å². The highest BCUT2D eigenvalue weighted by Gasteiger charge is 2.10. The van der Waals surface area contributed by atoms with E-state index in [-0.39, 0.29) is 11.8 Å². The third-order valence-corrected chi connectivity index (χ3v) is 2.10. The number of rotatable bonds is 5. The number of Topliss-reactive ketones (excluding diaryl/α,β-unsaturated/α-hetero) is 1. The summed E-state index contributed by atoms with van der Waals surface area (Å²) in [4.78, 5) is 18.0. The number of ketones is 1. The third-order valence-electron chi connectivity index (χ3n) is 2.10. The van der Waals surface area contributed by atoms with E-state index in [1.807, 2.05) is 0 Å². The minimum Gasteiger partial charge on any atom is -0.348 e. The van der Waals surface area contributed by atoms with Crippen LogP contribution in [0, 0.1) is 0 Å². The molecule has 0 saturated heterocycles. The molecular formula is C9H15N3O. The first kappa shape index (κ1) is 9.92. The van der Waals surface area contributed by atoms with Gasteiger partial charge in [-0.05, 0) is 26.8 Å². The van der Waals surface area contributed by atoms with Crippen molar-refractivity contribution in [2.45, 2.75) is 25.8 Å². The predicted molar refractivity (Wildman–Crippen MR) is 50.4 cm³/mol. The highest BCUT2D eigenvalue weighted by molar-refractivity contribution is 5.81. The van der Waals surface area contributed by atoms with Crippen LogP contribution < -0.4 is 5.32 Å². The van der Waals surface area contributed by atoms with Crippen molar-refractivity contribution in [2.75, 3.05) is 7.05 Å². The van der Waals surface area contributed by atoms with Crippen molar-refractivity contribution in [3.8, 4) is 0 Å². The molecule has 2 N–H and O–H groups in total. The largest absolute Gasteiger partial charge is 0.348 e. The van der Waals surface area contributed by atoms with Crippen LogP contribution >= 0.6 is 0 Å².